The molecule has 0 aliphatic heterocycles. The first kappa shape index (κ1) is 20.6. The van der Waals surface area contributed by atoms with Crippen LogP contribution >= 0.6 is 0 Å². The first-order valence-corrected chi connectivity index (χ1v) is 9.22. The van der Waals surface area contributed by atoms with Crippen molar-refractivity contribution in [2.45, 2.75) is 38.8 Å². The Morgan fingerprint density at radius 1 is 1.17 bits per heavy atom. The van der Waals surface area contributed by atoms with Gasteiger partial charge in [-0.05, 0) is 18.6 Å². The third-order valence-electron chi connectivity index (χ3n) is 4.50. The molecule has 29 heavy (non-hydrogen) atoms. The Morgan fingerprint density at radius 3 is 2.45 bits per heavy atom. The monoisotopic (exact) mass is 406 g/mol. The Hall–Kier alpha value is -3.17. The molecule has 2 heterocycles. The third-order valence-corrected chi connectivity index (χ3v) is 4.50. The van der Waals surface area contributed by atoms with Gasteiger partial charge in [0.1, 0.15) is 17.0 Å². The fraction of sp³-hybridized carbons (Fsp3) is 0.421. The molecule has 0 saturated heterocycles. The normalized spacial score (nSPS) is 12.3. The van der Waals surface area contributed by atoms with Crippen LogP contribution in [0.1, 0.15) is 25.3 Å². The Labute approximate surface area is 167 Å². The van der Waals surface area contributed by atoms with Crippen LogP contribution in [-0.2, 0) is 6.54 Å². The number of nitrogens with zero attached hydrogens (tertiary/aromatic N) is 4. The summed E-state index contributed by atoms with van der Waals surface area (Å²) in [5, 5.41) is 7.27. The smallest absolute Gasteiger partial charge is 0.258 e. The van der Waals surface area contributed by atoms with E-state index in [1.165, 1.54) is 0 Å². The maximum atomic E-state index is 13.3. The summed E-state index contributed by atoms with van der Waals surface area (Å²) < 4.78 is 39.1. The van der Waals surface area contributed by atoms with E-state index in [1.54, 1.807) is 25.1 Å². The summed E-state index contributed by atoms with van der Waals surface area (Å²) in [5.41, 5.74) is 7.39. The topological polar surface area (TPSA) is 100 Å². The van der Waals surface area contributed by atoms with Crippen molar-refractivity contribution in [3.05, 3.63) is 30.0 Å². The Morgan fingerprint density at radius 2 is 1.86 bits per heavy atom. The van der Waals surface area contributed by atoms with Crippen LogP contribution in [0.4, 0.5) is 20.5 Å². The van der Waals surface area contributed by atoms with Gasteiger partial charge in [-0.3, -0.25) is 4.68 Å². The van der Waals surface area contributed by atoms with E-state index in [9.17, 15) is 8.78 Å². The number of hydrogen-bond acceptors (Lipinski definition) is 7. The molecule has 3 N–H and O–H groups in total. The first-order chi connectivity index (χ1) is 14.0. The van der Waals surface area contributed by atoms with E-state index >= 15 is 0 Å². The van der Waals surface area contributed by atoms with Crippen LogP contribution in [0.5, 0.6) is 11.5 Å². The molecular weight excluding hydrogens is 382 g/mol. The van der Waals surface area contributed by atoms with Gasteiger partial charge in [0, 0.05) is 0 Å². The maximum Gasteiger partial charge on any atom is 0.258 e. The zero-order chi connectivity index (χ0) is 21.0. The second kappa shape index (κ2) is 8.89. The average molecular weight is 406 g/mol. The molecular formula is C19H24F2N6O2. The van der Waals surface area contributed by atoms with Crippen molar-refractivity contribution in [1.82, 2.24) is 19.7 Å². The van der Waals surface area contributed by atoms with Crippen molar-refractivity contribution in [2.24, 2.45) is 0 Å². The highest BCUT2D eigenvalue weighted by Gasteiger charge is 2.22. The highest BCUT2D eigenvalue weighted by atomic mass is 19.3. The number of aromatic nitrogens is 4. The number of nitrogens with two attached hydrogens (primary N) is 1. The lowest BCUT2D eigenvalue weighted by molar-refractivity contribution is 0.120. The quantitative estimate of drug-likeness (QED) is 0.562. The number of nitrogens with one attached hydrogen (secondary N) is 1. The number of nitrogen functional groups attached to an aromatic ring is 1. The molecule has 0 bridgehead atoms. The molecule has 10 heteroatoms. The van der Waals surface area contributed by atoms with Crippen molar-refractivity contribution in [2.75, 3.05) is 25.3 Å². The van der Waals surface area contributed by atoms with Crippen molar-refractivity contribution < 1.29 is 18.3 Å². The summed E-state index contributed by atoms with van der Waals surface area (Å²) in [6.07, 6.45) is 0.0403. The number of anilines is 2. The van der Waals surface area contributed by atoms with Crippen molar-refractivity contribution in [3.8, 4) is 11.5 Å². The zero-order valence-corrected chi connectivity index (χ0v) is 16.5. The largest absolute Gasteiger partial charge is 0.496 e. The lowest BCUT2D eigenvalue weighted by atomic mass is 10.1. The van der Waals surface area contributed by atoms with Gasteiger partial charge in [-0.25, -0.2) is 13.8 Å². The number of hydrogen-bond donors (Lipinski definition) is 2. The highest BCUT2D eigenvalue weighted by molar-refractivity contribution is 5.86. The highest BCUT2D eigenvalue weighted by Crippen LogP contribution is 2.30. The van der Waals surface area contributed by atoms with Crippen LogP contribution in [0.2, 0.25) is 0 Å². The van der Waals surface area contributed by atoms with Gasteiger partial charge >= 0.3 is 0 Å². The van der Waals surface area contributed by atoms with Gasteiger partial charge in [0.25, 0.3) is 6.43 Å². The molecule has 0 unspecified atom stereocenters. The van der Waals surface area contributed by atoms with Gasteiger partial charge < -0.3 is 20.5 Å². The molecule has 0 aliphatic rings. The van der Waals surface area contributed by atoms with Crippen molar-refractivity contribution in [1.29, 1.82) is 0 Å². The van der Waals surface area contributed by atoms with Crippen LogP contribution in [0.3, 0.4) is 0 Å². The van der Waals surface area contributed by atoms with Crippen LogP contribution in [0.25, 0.3) is 11.0 Å². The molecule has 0 amide bonds. The van der Waals surface area contributed by atoms with Gasteiger partial charge in [-0.15, -0.1) is 0 Å². The summed E-state index contributed by atoms with van der Waals surface area (Å²) in [6, 6.07) is 4.43. The van der Waals surface area contributed by atoms with Crippen LogP contribution in [0, 0.1) is 0 Å². The Kier molecular flexibility index (Phi) is 6.30. The molecule has 3 rings (SSSR count). The van der Waals surface area contributed by atoms with Crippen molar-refractivity contribution >= 4 is 22.8 Å². The predicted molar refractivity (Wildman–Crippen MR) is 107 cm³/mol. The minimum atomic E-state index is -2.54. The van der Waals surface area contributed by atoms with E-state index in [2.05, 4.69) is 20.4 Å². The van der Waals surface area contributed by atoms with Crippen LogP contribution in [0.15, 0.2) is 24.4 Å². The van der Waals surface area contributed by atoms with Gasteiger partial charge in [0.15, 0.2) is 11.3 Å². The number of alkyl halides is 2. The number of ether oxygens (including phenoxy) is 2. The molecule has 0 fully saturated rings. The second-order valence-corrected chi connectivity index (χ2v) is 6.51. The summed E-state index contributed by atoms with van der Waals surface area (Å²) in [5.74, 6) is 1.47. The van der Waals surface area contributed by atoms with E-state index in [0.29, 0.717) is 41.9 Å². The molecule has 0 saturated carbocycles. The molecule has 1 atom stereocenters. The molecule has 0 radical (unpaired) electrons. The van der Waals surface area contributed by atoms with Gasteiger partial charge in [-0.2, -0.15) is 10.1 Å². The number of methoxy groups -OCH3 is 2. The van der Waals surface area contributed by atoms with Gasteiger partial charge in [-0.1, -0.05) is 19.4 Å². The zero-order valence-electron chi connectivity index (χ0n) is 16.5. The SMILES string of the molecule is CCC[C@@H](Nc1nc(N)nc2cn(Cc3c(OC)cccc3OC)nc12)C(F)F. The Bertz CT molecular complexity index is 956. The Balaban J connectivity index is 1.99. The minimum absolute atomic E-state index is 0.0149. The maximum absolute atomic E-state index is 13.3. The summed E-state index contributed by atoms with van der Waals surface area (Å²) >= 11 is 0. The lowest BCUT2D eigenvalue weighted by Crippen LogP contribution is -2.28. The molecule has 2 aromatic heterocycles. The van der Waals surface area contributed by atoms with E-state index in [1.807, 2.05) is 25.1 Å². The predicted octanol–water partition coefficient (Wildman–Crippen LogP) is 3.32. The summed E-state index contributed by atoms with van der Waals surface area (Å²) in [4.78, 5) is 8.27. The van der Waals surface area contributed by atoms with Crippen LogP contribution in [-0.4, -0.2) is 46.4 Å². The fourth-order valence-corrected chi connectivity index (χ4v) is 3.15. The van der Waals surface area contributed by atoms with E-state index < -0.39 is 12.5 Å². The molecule has 8 nitrogen and oxygen atoms in total. The van der Waals surface area contributed by atoms with Crippen molar-refractivity contribution in [3.63, 3.8) is 0 Å². The number of benzene rings is 1. The molecule has 0 aliphatic carbocycles. The number of halogens is 2. The number of fused-ring (bicyclic) bond motifs is 1. The first-order valence-electron chi connectivity index (χ1n) is 9.22. The number of rotatable bonds is 9. The molecule has 156 valence electrons. The van der Waals surface area contributed by atoms with Crippen LogP contribution < -0.4 is 20.5 Å². The van der Waals surface area contributed by atoms with Gasteiger partial charge in [0.2, 0.25) is 5.95 Å². The van der Waals surface area contributed by atoms with Gasteiger partial charge in [0.05, 0.1) is 38.6 Å². The van der Waals surface area contributed by atoms with E-state index in [-0.39, 0.29) is 11.8 Å². The summed E-state index contributed by atoms with van der Waals surface area (Å²) in [7, 11) is 3.15. The molecule has 3 aromatic rings. The lowest BCUT2D eigenvalue weighted by Gasteiger charge is -2.17. The van der Waals surface area contributed by atoms with E-state index in [0.717, 1.165) is 5.56 Å². The fourth-order valence-electron chi connectivity index (χ4n) is 3.15. The molecule has 1 aromatic carbocycles. The standard InChI is InChI=1S/C19H24F2N6O2/c1-4-6-12(17(20)21)23-18-16-13(24-19(22)25-18)10-27(26-16)9-11-14(28-2)7-5-8-15(11)29-3/h5,7-8,10,12,17H,4,6,9H2,1-3H3,(H3,22,23,24,25)/t12-/m1/s1. The minimum Gasteiger partial charge on any atom is -0.496 e. The molecule has 0 spiro atoms. The third kappa shape index (κ3) is 4.47. The second-order valence-electron chi connectivity index (χ2n) is 6.51. The summed E-state index contributed by atoms with van der Waals surface area (Å²) in [6.45, 7) is 2.17. The average Bonchev–Trinajstić information content (AvgIpc) is 3.10. The van der Waals surface area contributed by atoms with E-state index in [4.69, 9.17) is 15.2 Å².